The predicted molar refractivity (Wildman–Crippen MR) is 94.9 cm³/mol. The van der Waals surface area contributed by atoms with Crippen LogP contribution in [0.2, 0.25) is 5.02 Å². The molecule has 0 fully saturated rings. The molecule has 0 bridgehead atoms. The Morgan fingerprint density at radius 2 is 1.67 bits per heavy atom. The van der Waals surface area contributed by atoms with E-state index in [4.69, 9.17) is 16.3 Å². The maximum absolute atomic E-state index is 12.1. The minimum atomic E-state index is -3.47. The van der Waals surface area contributed by atoms with E-state index in [-0.39, 0.29) is 6.54 Å². The Hall–Kier alpha value is -2.05. The van der Waals surface area contributed by atoms with Crippen molar-refractivity contribution in [3.63, 3.8) is 0 Å². The van der Waals surface area contributed by atoms with E-state index in [0.717, 1.165) is 11.8 Å². The van der Waals surface area contributed by atoms with Gasteiger partial charge < -0.3 is 4.74 Å². The molecular weight excluding hydrogens is 350 g/mol. The fraction of sp³-hybridized carbons (Fsp3) is 0.235. The lowest BCUT2D eigenvalue weighted by Gasteiger charge is -2.22. The molecule has 2 aromatic rings. The first-order valence-corrected chi connectivity index (χ1v) is 9.53. The number of hydrogen-bond acceptors (Lipinski definition) is 4. The smallest absolute Gasteiger partial charge is 0.338 e. The summed E-state index contributed by atoms with van der Waals surface area (Å²) in [4.78, 5) is 11.6. The molecule has 24 heavy (non-hydrogen) atoms. The van der Waals surface area contributed by atoms with Crippen LogP contribution in [0.1, 0.15) is 22.8 Å². The molecule has 0 radical (unpaired) electrons. The number of carbonyl (C=O) groups excluding carboxylic acids is 1. The first-order chi connectivity index (χ1) is 11.3. The van der Waals surface area contributed by atoms with Crippen molar-refractivity contribution in [3.8, 4) is 0 Å². The molecule has 7 heteroatoms. The second-order valence-electron chi connectivity index (χ2n) is 5.16. The van der Waals surface area contributed by atoms with E-state index in [1.807, 2.05) is 0 Å². The van der Waals surface area contributed by atoms with Gasteiger partial charge in [0, 0.05) is 5.02 Å². The Balaban J connectivity index is 2.24. The van der Waals surface area contributed by atoms with Crippen LogP contribution in [0, 0.1) is 0 Å². The van der Waals surface area contributed by atoms with Gasteiger partial charge in [-0.1, -0.05) is 23.7 Å². The number of esters is 1. The average molecular weight is 368 g/mol. The van der Waals surface area contributed by atoms with Gasteiger partial charge in [0.25, 0.3) is 0 Å². The van der Waals surface area contributed by atoms with Crippen molar-refractivity contribution >= 4 is 33.3 Å². The van der Waals surface area contributed by atoms with Crippen molar-refractivity contribution < 1.29 is 17.9 Å². The zero-order valence-corrected chi connectivity index (χ0v) is 15.0. The molecule has 0 heterocycles. The van der Waals surface area contributed by atoms with Gasteiger partial charge in [-0.2, -0.15) is 0 Å². The Kier molecular flexibility index (Phi) is 5.85. The van der Waals surface area contributed by atoms with Gasteiger partial charge in [0.15, 0.2) is 0 Å². The molecule has 0 amide bonds. The number of sulfonamides is 1. The minimum Gasteiger partial charge on any atom is -0.462 e. The molecule has 0 spiro atoms. The van der Waals surface area contributed by atoms with E-state index >= 15 is 0 Å². The second-order valence-corrected chi connectivity index (χ2v) is 7.51. The number of benzene rings is 2. The van der Waals surface area contributed by atoms with Gasteiger partial charge in [-0.15, -0.1) is 0 Å². The quantitative estimate of drug-likeness (QED) is 0.733. The van der Waals surface area contributed by atoms with Crippen LogP contribution in [0.25, 0.3) is 0 Å². The number of halogens is 1. The van der Waals surface area contributed by atoms with Crippen LogP contribution in [0.3, 0.4) is 0 Å². The van der Waals surface area contributed by atoms with Crippen LogP contribution in [0.15, 0.2) is 48.5 Å². The summed E-state index contributed by atoms with van der Waals surface area (Å²) in [5, 5.41) is 0.533. The van der Waals surface area contributed by atoms with Gasteiger partial charge in [0.05, 0.1) is 30.7 Å². The fourth-order valence-electron chi connectivity index (χ4n) is 2.13. The summed E-state index contributed by atoms with van der Waals surface area (Å²) in [7, 11) is -3.47. The number of hydrogen-bond donors (Lipinski definition) is 0. The van der Waals surface area contributed by atoms with E-state index in [1.54, 1.807) is 55.5 Å². The molecular formula is C17H18ClNO4S. The SMILES string of the molecule is CCOC(=O)c1ccc(CN(c2ccc(Cl)cc2)S(C)(=O)=O)cc1. The van der Waals surface area contributed by atoms with E-state index in [2.05, 4.69) is 0 Å². The molecule has 2 rings (SSSR count). The van der Waals surface area contributed by atoms with Gasteiger partial charge >= 0.3 is 5.97 Å². The topological polar surface area (TPSA) is 63.7 Å². The number of anilines is 1. The highest BCUT2D eigenvalue weighted by atomic mass is 35.5. The van der Waals surface area contributed by atoms with Gasteiger partial charge in [-0.3, -0.25) is 4.31 Å². The van der Waals surface area contributed by atoms with Crippen LogP contribution in [-0.4, -0.2) is 27.2 Å². The molecule has 0 atom stereocenters. The Bertz CT molecular complexity index is 801. The van der Waals surface area contributed by atoms with Crippen LogP contribution >= 0.6 is 11.6 Å². The summed E-state index contributed by atoms with van der Waals surface area (Å²) >= 11 is 5.85. The summed E-state index contributed by atoms with van der Waals surface area (Å²) in [6, 6.07) is 13.2. The molecule has 0 saturated heterocycles. The van der Waals surface area contributed by atoms with Gasteiger partial charge in [-0.05, 0) is 48.9 Å². The Morgan fingerprint density at radius 1 is 1.08 bits per heavy atom. The van der Waals surface area contributed by atoms with Crippen LogP contribution in [-0.2, 0) is 21.3 Å². The van der Waals surface area contributed by atoms with Crippen LogP contribution in [0.4, 0.5) is 5.69 Å². The lowest BCUT2D eigenvalue weighted by atomic mass is 10.1. The van der Waals surface area contributed by atoms with Crippen molar-refractivity contribution in [3.05, 3.63) is 64.7 Å². The van der Waals surface area contributed by atoms with Crippen molar-refractivity contribution in [2.45, 2.75) is 13.5 Å². The van der Waals surface area contributed by atoms with E-state index in [0.29, 0.717) is 22.9 Å². The van der Waals surface area contributed by atoms with E-state index in [1.165, 1.54) is 4.31 Å². The zero-order chi connectivity index (χ0) is 17.7. The molecule has 128 valence electrons. The normalized spacial score (nSPS) is 11.1. The highest BCUT2D eigenvalue weighted by Gasteiger charge is 2.18. The predicted octanol–water partition coefficient (Wildman–Crippen LogP) is 3.48. The van der Waals surface area contributed by atoms with E-state index in [9.17, 15) is 13.2 Å². The largest absolute Gasteiger partial charge is 0.462 e. The van der Waals surface area contributed by atoms with Crippen molar-refractivity contribution in [1.82, 2.24) is 0 Å². The molecule has 0 N–H and O–H groups in total. The van der Waals surface area contributed by atoms with Crippen molar-refractivity contribution in [2.24, 2.45) is 0 Å². The summed E-state index contributed by atoms with van der Waals surface area (Å²) in [6.07, 6.45) is 1.15. The number of ether oxygens (including phenoxy) is 1. The van der Waals surface area contributed by atoms with Gasteiger partial charge in [0.1, 0.15) is 0 Å². The number of rotatable bonds is 6. The first-order valence-electron chi connectivity index (χ1n) is 7.30. The summed E-state index contributed by atoms with van der Waals surface area (Å²) in [5.41, 5.74) is 1.71. The fourth-order valence-corrected chi connectivity index (χ4v) is 3.15. The van der Waals surface area contributed by atoms with Gasteiger partial charge in [-0.25, -0.2) is 13.2 Å². The third-order valence-electron chi connectivity index (χ3n) is 3.31. The molecule has 5 nitrogen and oxygen atoms in total. The maximum Gasteiger partial charge on any atom is 0.338 e. The lowest BCUT2D eigenvalue weighted by Crippen LogP contribution is -2.29. The first kappa shape index (κ1) is 18.3. The highest BCUT2D eigenvalue weighted by molar-refractivity contribution is 7.92. The standard InChI is InChI=1S/C17H18ClNO4S/c1-3-23-17(20)14-6-4-13(5-7-14)12-19(24(2,21)22)16-10-8-15(18)9-11-16/h4-11H,3,12H2,1-2H3. The summed E-state index contributed by atoms with van der Waals surface area (Å²) < 4.78 is 30.4. The second kappa shape index (κ2) is 7.68. The molecule has 0 aliphatic carbocycles. The van der Waals surface area contributed by atoms with Gasteiger partial charge in [0.2, 0.25) is 10.0 Å². The average Bonchev–Trinajstić information content (AvgIpc) is 2.53. The Labute approximate surface area is 146 Å². The van der Waals surface area contributed by atoms with Crippen molar-refractivity contribution in [1.29, 1.82) is 0 Å². The Morgan fingerprint density at radius 3 is 2.17 bits per heavy atom. The van der Waals surface area contributed by atoms with E-state index < -0.39 is 16.0 Å². The highest BCUT2D eigenvalue weighted by Crippen LogP contribution is 2.23. The molecule has 0 aliphatic rings. The third-order valence-corrected chi connectivity index (χ3v) is 4.70. The molecule has 0 aliphatic heterocycles. The molecule has 2 aromatic carbocycles. The summed E-state index contributed by atoms with van der Waals surface area (Å²) in [6.45, 7) is 2.20. The molecule has 0 aromatic heterocycles. The monoisotopic (exact) mass is 367 g/mol. The van der Waals surface area contributed by atoms with Crippen LogP contribution in [0.5, 0.6) is 0 Å². The third kappa shape index (κ3) is 4.72. The number of nitrogens with zero attached hydrogens (tertiary/aromatic N) is 1. The van der Waals surface area contributed by atoms with Crippen LogP contribution < -0.4 is 4.31 Å². The molecule has 0 unspecified atom stereocenters. The van der Waals surface area contributed by atoms with Crippen molar-refractivity contribution in [2.75, 3.05) is 17.2 Å². The maximum atomic E-state index is 12.1. The number of carbonyl (C=O) groups is 1. The lowest BCUT2D eigenvalue weighted by molar-refractivity contribution is 0.0526. The summed E-state index contributed by atoms with van der Waals surface area (Å²) in [5.74, 6) is -0.401. The minimum absolute atomic E-state index is 0.156. The zero-order valence-electron chi connectivity index (χ0n) is 13.4. The molecule has 0 saturated carbocycles.